The number of sulfone groups is 1. The van der Waals surface area contributed by atoms with E-state index in [-0.39, 0.29) is 10.8 Å². The second kappa shape index (κ2) is 6.48. The molecule has 3 heterocycles. The molecule has 2 fully saturated rings. The zero-order valence-electron chi connectivity index (χ0n) is 15.1. The number of rotatable bonds is 4. The SMILES string of the molecule is CC(C)(Cc1ccc(C(F)(F)F)nc1)CN1CCC2(CCS(=O)(=O)C2)C1. The van der Waals surface area contributed by atoms with Gasteiger partial charge in [-0.1, -0.05) is 19.9 Å². The first kappa shape index (κ1) is 19.6. The van der Waals surface area contributed by atoms with E-state index < -0.39 is 21.7 Å². The predicted octanol–water partition coefficient (Wildman–Crippen LogP) is 3.18. The average molecular weight is 390 g/mol. The van der Waals surface area contributed by atoms with Crippen LogP contribution in [-0.2, 0) is 22.4 Å². The average Bonchev–Trinajstić information content (AvgIpc) is 3.00. The van der Waals surface area contributed by atoms with Crippen LogP contribution in [-0.4, -0.2) is 49.4 Å². The Morgan fingerprint density at radius 1 is 1.23 bits per heavy atom. The lowest BCUT2D eigenvalue weighted by Gasteiger charge is -2.31. The normalized spacial score (nSPS) is 26.7. The molecule has 0 saturated carbocycles. The molecule has 146 valence electrons. The number of nitrogens with zero attached hydrogens (tertiary/aromatic N) is 2. The monoisotopic (exact) mass is 390 g/mol. The number of aromatic nitrogens is 1. The Hall–Kier alpha value is -1.15. The van der Waals surface area contributed by atoms with Crippen molar-refractivity contribution in [1.29, 1.82) is 0 Å². The molecule has 0 aromatic carbocycles. The van der Waals surface area contributed by atoms with Crippen molar-refractivity contribution < 1.29 is 21.6 Å². The number of hydrogen-bond acceptors (Lipinski definition) is 4. The number of pyridine rings is 1. The van der Waals surface area contributed by atoms with Gasteiger partial charge in [0.2, 0.25) is 0 Å². The van der Waals surface area contributed by atoms with E-state index in [1.807, 2.05) is 0 Å². The van der Waals surface area contributed by atoms with Gasteiger partial charge < -0.3 is 4.90 Å². The highest BCUT2D eigenvalue weighted by molar-refractivity contribution is 7.91. The molecule has 2 saturated heterocycles. The Bertz CT molecular complexity index is 760. The highest BCUT2D eigenvalue weighted by Crippen LogP contribution is 2.41. The van der Waals surface area contributed by atoms with Gasteiger partial charge in [-0.15, -0.1) is 0 Å². The van der Waals surface area contributed by atoms with Gasteiger partial charge in [0.05, 0.1) is 11.5 Å². The molecule has 26 heavy (non-hydrogen) atoms. The molecule has 4 nitrogen and oxygen atoms in total. The van der Waals surface area contributed by atoms with Crippen LogP contribution < -0.4 is 0 Å². The maximum atomic E-state index is 12.6. The first-order valence-corrected chi connectivity index (χ1v) is 10.7. The van der Waals surface area contributed by atoms with Gasteiger partial charge in [0, 0.05) is 19.3 Å². The molecule has 1 aromatic rings. The molecule has 0 bridgehead atoms. The summed E-state index contributed by atoms with van der Waals surface area (Å²) in [6, 6.07) is 2.52. The van der Waals surface area contributed by atoms with Crippen LogP contribution in [0.1, 0.15) is 37.9 Å². The van der Waals surface area contributed by atoms with Gasteiger partial charge in [-0.3, -0.25) is 4.98 Å². The van der Waals surface area contributed by atoms with Crippen molar-refractivity contribution in [1.82, 2.24) is 9.88 Å². The summed E-state index contributed by atoms with van der Waals surface area (Å²) in [5.41, 5.74) is -0.321. The van der Waals surface area contributed by atoms with Crippen LogP contribution in [0.4, 0.5) is 13.2 Å². The second-order valence-electron chi connectivity index (χ2n) is 8.69. The molecule has 2 aliphatic rings. The Labute approximate surface area is 152 Å². The smallest absolute Gasteiger partial charge is 0.302 e. The van der Waals surface area contributed by atoms with Gasteiger partial charge in [0.25, 0.3) is 0 Å². The Balaban J connectivity index is 1.59. The highest BCUT2D eigenvalue weighted by Gasteiger charge is 2.47. The summed E-state index contributed by atoms with van der Waals surface area (Å²) in [5, 5.41) is 0. The van der Waals surface area contributed by atoms with E-state index in [2.05, 4.69) is 23.7 Å². The molecule has 1 atom stereocenters. The standard InChI is InChI=1S/C18H25F3N2O2S/c1-16(2,9-14-3-4-15(22-10-14)18(19,20)21)11-23-7-5-17(12-23)6-8-26(24,25)13-17/h3-4,10H,5-9,11-13H2,1-2H3. The first-order valence-electron chi connectivity index (χ1n) is 8.83. The molecule has 0 N–H and O–H groups in total. The van der Waals surface area contributed by atoms with E-state index in [0.717, 1.165) is 44.1 Å². The van der Waals surface area contributed by atoms with Gasteiger partial charge in [-0.05, 0) is 48.3 Å². The van der Waals surface area contributed by atoms with Gasteiger partial charge in [-0.25, -0.2) is 8.42 Å². The summed E-state index contributed by atoms with van der Waals surface area (Å²) >= 11 is 0. The van der Waals surface area contributed by atoms with E-state index in [9.17, 15) is 21.6 Å². The molecule has 0 radical (unpaired) electrons. The maximum Gasteiger partial charge on any atom is 0.433 e. The fraction of sp³-hybridized carbons (Fsp3) is 0.722. The minimum atomic E-state index is -4.42. The van der Waals surface area contributed by atoms with Crippen LogP contribution in [0, 0.1) is 10.8 Å². The van der Waals surface area contributed by atoms with Crippen molar-refractivity contribution in [2.24, 2.45) is 10.8 Å². The van der Waals surface area contributed by atoms with E-state index in [1.54, 1.807) is 0 Å². The highest BCUT2D eigenvalue weighted by atomic mass is 32.2. The van der Waals surface area contributed by atoms with Crippen molar-refractivity contribution in [3.05, 3.63) is 29.6 Å². The molecule has 1 aromatic heterocycles. The number of likely N-dealkylation sites (tertiary alicyclic amines) is 1. The van der Waals surface area contributed by atoms with Crippen molar-refractivity contribution in [2.75, 3.05) is 31.1 Å². The van der Waals surface area contributed by atoms with Crippen molar-refractivity contribution in [3.8, 4) is 0 Å². The Morgan fingerprint density at radius 2 is 1.96 bits per heavy atom. The van der Waals surface area contributed by atoms with Crippen molar-refractivity contribution in [3.63, 3.8) is 0 Å². The lowest BCUT2D eigenvalue weighted by atomic mass is 9.85. The lowest BCUT2D eigenvalue weighted by molar-refractivity contribution is -0.141. The summed E-state index contributed by atoms with van der Waals surface area (Å²) in [6.45, 7) is 6.63. The first-order chi connectivity index (χ1) is 11.9. The minimum Gasteiger partial charge on any atom is -0.302 e. The Kier molecular flexibility index (Phi) is 4.88. The third-order valence-corrected chi connectivity index (χ3v) is 7.31. The third-order valence-electron chi connectivity index (χ3n) is 5.44. The molecule has 1 spiro atoms. The largest absolute Gasteiger partial charge is 0.433 e. The van der Waals surface area contributed by atoms with Crippen LogP contribution in [0.3, 0.4) is 0 Å². The topological polar surface area (TPSA) is 50.3 Å². The Morgan fingerprint density at radius 3 is 2.50 bits per heavy atom. The van der Waals surface area contributed by atoms with Gasteiger partial charge >= 0.3 is 6.18 Å². The molecule has 0 aliphatic carbocycles. The minimum absolute atomic E-state index is 0.0924. The maximum absolute atomic E-state index is 12.6. The van der Waals surface area contributed by atoms with Crippen LogP contribution in [0.15, 0.2) is 18.3 Å². The predicted molar refractivity (Wildman–Crippen MR) is 93.5 cm³/mol. The quantitative estimate of drug-likeness (QED) is 0.792. The zero-order valence-corrected chi connectivity index (χ0v) is 16.0. The van der Waals surface area contributed by atoms with E-state index in [1.165, 1.54) is 12.3 Å². The molecule has 3 rings (SSSR count). The fourth-order valence-corrected chi connectivity index (χ4v) is 6.58. The fourth-order valence-electron chi connectivity index (χ4n) is 4.38. The van der Waals surface area contributed by atoms with E-state index in [0.29, 0.717) is 17.9 Å². The van der Waals surface area contributed by atoms with E-state index in [4.69, 9.17) is 0 Å². The summed E-state index contributed by atoms with van der Waals surface area (Å²) in [7, 11) is -2.90. The summed E-state index contributed by atoms with van der Waals surface area (Å²) in [6.07, 6.45) is -0.835. The summed E-state index contributed by atoms with van der Waals surface area (Å²) in [5.74, 6) is 0.585. The zero-order chi connectivity index (χ0) is 19.2. The molecule has 2 aliphatic heterocycles. The number of halogens is 3. The molecule has 1 unspecified atom stereocenters. The van der Waals surface area contributed by atoms with Gasteiger partial charge in [-0.2, -0.15) is 13.2 Å². The van der Waals surface area contributed by atoms with Crippen molar-refractivity contribution >= 4 is 9.84 Å². The molecule has 0 amide bonds. The lowest BCUT2D eigenvalue weighted by Crippen LogP contribution is -2.36. The second-order valence-corrected chi connectivity index (χ2v) is 10.9. The molecule has 8 heteroatoms. The van der Waals surface area contributed by atoms with E-state index >= 15 is 0 Å². The van der Waals surface area contributed by atoms with Crippen LogP contribution >= 0.6 is 0 Å². The number of hydrogen-bond donors (Lipinski definition) is 0. The van der Waals surface area contributed by atoms with Crippen LogP contribution in [0.5, 0.6) is 0 Å². The van der Waals surface area contributed by atoms with Crippen molar-refractivity contribution in [2.45, 2.75) is 39.3 Å². The number of alkyl halides is 3. The van der Waals surface area contributed by atoms with Crippen LogP contribution in [0.25, 0.3) is 0 Å². The van der Waals surface area contributed by atoms with Gasteiger partial charge in [0.15, 0.2) is 9.84 Å². The van der Waals surface area contributed by atoms with Gasteiger partial charge in [0.1, 0.15) is 5.69 Å². The molecular weight excluding hydrogens is 365 g/mol. The third kappa shape index (κ3) is 4.57. The molecular formula is C18H25F3N2O2S. The summed E-state index contributed by atoms with van der Waals surface area (Å²) in [4.78, 5) is 5.84. The summed E-state index contributed by atoms with van der Waals surface area (Å²) < 4.78 is 61.5. The van der Waals surface area contributed by atoms with Crippen LogP contribution in [0.2, 0.25) is 0 Å².